The molecule has 2 atom stereocenters. The lowest BCUT2D eigenvalue weighted by atomic mass is 9.79. The van der Waals surface area contributed by atoms with E-state index in [1.54, 1.807) is 0 Å². The Hall–Kier alpha value is -0.850. The van der Waals surface area contributed by atoms with E-state index in [-0.39, 0.29) is 5.92 Å². The lowest BCUT2D eigenvalue weighted by molar-refractivity contribution is -0.00814. The van der Waals surface area contributed by atoms with Gasteiger partial charge >= 0.3 is 0 Å². The van der Waals surface area contributed by atoms with E-state index in [1.807, 2.05) is 38.1 Å². The fourth-order valence-corrected chi connectivity index (χ4v) is 2.34. The zero-order valence-electron chi connectivity index (χ0n) is 9.57. The molecule has 0 spiro atoms. The van der Waals surface area contributed by atoms with E-state index in [9.17, 15) is 5.11 Å². The van der Waals surface area contributed by atoms with Crippen LogP contribution in [0.1, 0.15) is 32.3 Å². The summed E-state index contributed by atoms with van der Waals surface area (Å²) in [7, 11) is 0. The Bertz CT molecular complexity index is 399. The zero-order chi connectivity index (χ0) is 12.2. The molecule has 0 saturated carbocycles. The van der Waals surface area contributed by atoms with Gasteiger partial charge in [0, 0.05) is 4.47 Å². The Morgan fingerprint density at radius 3 is 2.62 bits per heavy atom. The van der Waals surface area contributed by atoms with Gasteiger partial charge in [0.15, 0.2) is 0 Å². The molecule has 3 heteroatoms. The summed E-state index contributed by atoms with van der Waals surface area (Å²) in [6.45, 7) is 3.83. The Labute approximate surface area is 105 Å². The quantitative estimate of drug-likeness (QED) is 0.917. The van der Waals surface area contributed by atoms with E-state index in [2.05, 4.69) is 22.0 Å². The number of hydrogen-bond donors (Lipinski definition) is 1. The van der Waals surface area contributed by atoms with Crippen LogP contribution < -0.4 is 0 Å². The molecule has 0 aliphatic carbocycles. The molecular weight excluding hydrogens is 266 g/mol. The molecule has 0 aliphatic rings. The molecule has 2 nitrogen and oxygen atoms in total. The van der Waals surface area contributed by atoms with Gasteiger partial charge in [0.1, 0.15) is 5.60 Å². The average Bonchev–Trinajstić information content (AvgIpc) is 2.30. The number of hydrogen-bond acceptors (Lipinski definition) is 2. The maximum atomic E-state index is 10.6. The summed E-state index contributed by atoms with van der Waals surface area (Å²) < 4.78 is 0.921. The van der Waals surface area contributed by atoms with Gasteiger partial charge in [-0.3, -0.25) is 0 Å². The number of halogens is 1. The van der Waals surface area contributed by atoms with E-state index >= 15 is 0 Å². The van der Waals surface area contributed by atoms with E-state index in [1.165, 1.54) is 0 Å². The Balaban J connectivity index is 3.19. The predicted molar refractivity (Wildman–Crippen MR) is 67.7 cm³/mol. The highest BCUT2D eigenvalue weighted by Gasteiger charge is 2.35. The first-order valence-corrected chi connectivity index (χ1v) is 6.25. The molecule has 0 fully saturated rings. The summed E-state index contributed by atoms with van der Waals surface area (Å²) in [5.41, 5.74) is -0.245. The first-order valence-electron chi connectivity index (χ1n) is 5.46. The average molecular weight is 282 g/mol. The van der Waals surface area contributed by atoms with Crippen LogP contribution in [-0.2, 0) is 5.60 Å². The molecule has 0 radical (unpaired) electrons. The van der Waals surface area contributed by atoms with Gasteiger partial charge in [0.05, 0.1) is 12.0 Å². The normalized spacial score (nSPS) is 16.2. The van der Waals surface area contributed by atoms with Crippen molar-refractivity contribution in [2.45, 2.75) is 32.3 Å². The molecule has 0 aromatic heterocycles. The summed E-state index contributed by atoms with van der Waals surface area (Å²) in [6, 6.07) is 9.73. The number of rotatable bonds is 4. The summed E-state index contributed by atoms with van der Waals surface area (Å²) in [4.78, 5) is 0. The van der Waals surface area contributed by atoms with Crippen molar-refractivity contribution in [3.05, 3.63) is 34.3 Å². The fourth-order valence-electron chi connectivity index (χ4n) is 1.95. The predicted octanol–water partition coefficient (Wildman–Crippen LogP) is 3.60. The molecule has 0 aliphatic heterocycles. The maximum absolute atomic E-state index is 10.6. The fraction of sp³-hybridized carbons (Fsp3) is 0.462. The van der Waals surface area contributed by atoms with Crippen LogP contribution in [-0.4, -0.2) is 5.11 Å². The number of nitrogens with zero attached hydrogens (tertiary/aromatic N) is 1. The van der Waals surface area contributed by atoms with Gasteiger partial charge in [0.25, 0.3) is 0 Å². The van der Waals surface area contributed by atoms with Crippen LogP contribution in [0.4, 0.5) is 0 Å². The third kappa shape index (κ3) is 2.45. The third-order valence-corrected chi connectivity index (χ3v) is 3.50. The second-order valence-electron chi connectivity index (χ2n) is 3.88. The standard InChI is InChI=1S/C13H16BrNO/c1-3-10(9-15)13(16,4-2)11-6-5-7-12(14)8-11/h5-8,10,16H,3-4H2,1-2H3. The highest BCUT2D eigenvalue weighted by molar-refractivity contribution is 9.10. The molecule has 0 amide bonds. The first-order chi connectivity index (χ1) is 7.58. The minimum absolute atomic E-state index is 0.369. The maximum Gasteiger partial charge on any atom is 0.105 e. The summed E-state index contributed by atoms with van der Waals surface area (Å²) in [6.07, 6.45) is 1.18. The Morgan fingerprint density at radius 2 is 2.19 bits per heavy atom. The van der Waals surface area contributed by atoms with Crippen molar-refractivity contribution in [2.75, 3.05) is 0 Å². The van der Waals surface area contributed by atoms with Crippen LogP contribution in [0.2, 0.25) is 0 Å². The van der Waals surface area contributed by atoms with Crippen molar-refractivity contribution in [3.63, 3.8) is 0 Å². The van der Waals surface area contributed by atoms with E-state index < -0.39 is 5.60 Å². The smallest absolute Gasteiger partial charge is 0.105 e. The Morgan fingerprint density at radius 1 is 1.50 bits per heavy atom. The van der Waals surface area contributed by atoms with E-state index in [0.29, 0.717) is 12.8 Å². The zero-order valence-corrected chi connectivity index (χ0v) is 11.2. The summed E-state index contributed by atoms with van der Waals surface area (Å²) in [5, 5.41) is 19.7. The van der Waals surface area contributed by atoms with Crippen molar-refractivity contribution < 1.29 is 5.11 Å². The summed E-state index contributed by atoms with van der Waals surface area (Å²) in [5.74, 6) is -0.369. The van der Waals surface area contributed by atoms with Gasteiger partial charge in [0.2, 0.25) is 0 Å². The monoisotopic (exact) mass is 281 g/mol. The molecule has 0 heterocycles. The van der Waals surface area contributed by atoms with E-state index in [4.69, 9.17) is 5.26 Å². The van der Waals surface area contributed by atoms with Crippen LogP contribution >= 0.6 is 15.9 Å². The minimum atomic E-state index is -1.05. The molecule has 1 N–H and O–H groups in total. The van der Waals surface area contributed by atoms with Gasteiger partial charge in [-0.1, -0.05) is 41.9 Å². The second kappa shape index (κ2) is 5.47. The van der Waals surface area contributed by atoms with Crippen LogP contribution in [0, 0.1) is 17.2 Å². The summed E-state index contributed by atoms with van der Waals surface area (Å²) >= 11 is 3.38. The highest BCUT2D eigenvalue weighted by Crippen LogP contribution is 2.35. The molecule has 1 aromatic carbocycles. The van der Waals surface area contributed by atoms with Crippen LogP contribution in [0.25, 0.3) is 0 Å². The molecular formula is C13H16BrNO. The van der Waals surface area contributed by atoms with Gasteiger partial charge in [-0.25, -0.2) is 0 Å². The van der Waals surface area contributed by atoms with Crippen molar-refractivity contribution in [2.24, 2.45) is 5.92 Å². The first kappa shape index (κ1) is 13.2. The molecule has 0 bridgehead atoms. The number of aliphatic hydroxyl groups is 1. The van der Waals surface area contributed by atoms with Gasteiger partial charge in [-0.05, 0) is 30.5 Å². The van der Waals surface area contributed by atoms with Crippen molar-refractivity contribution in [1.82, 2.24) is 0 Å². The van der Waals surface area contributed by atoms with Gasteiger partial charge in [-0.2, -0.15) is 5.26 Å². The van der Waals surface area contributed by atoms with Gasteiger partial charge < -0.3 is 5.11 Å². The van der Waals surface area contributed by atoms with Gasteiger partial charge in [-0.15, -0.1) is 0 Å². The molecule has 1 rings (SSSR count). The highest BCUT2D eigenvalue weighted by atomic mass is 79.9. The van der Waals surface area contributed by atoms with Crippen molar-refractivity contribution >= 4 is 15.9 Å². The lowest BCUT2D eigenvalue weighted by Crippen LogP contribution is -2.33. The van der Waals surface area contributed by atoms with E-state index in [0.717, 1.165) is 10.0 Å². The topological polar surface area (TPSA) is 44.0 Å². The second-order valence-corrected chi connectivity index (χ2v) is 4.79. The largest absolute Gasteiger partial charge is 0.384 e. The van der Waals surface area contributed by atoms with Crippen molar-refractivity contribution in [3.8, 4) is 6.07 Å². The van der Waals surface area contributed by atoms with Crippen LogP contribution in [0.15, 0.2) is 28.7 Å². The SMILES string of the molecule is CCC(C#N)C(O)(CC)c1cccc(Br)c1. The third-order valence-electron chi connectivity index (χ3n) is 3.00. The van der Waals surface area contributed by atoms with Crippen molar-refractivity contribution in [1.29, 1.82) is 5.26 Å². The molecule has 2 unspecified atom stereocenters. The Kier molecular flexibility index (Phi) is 4.52. The minimum Gasteiger partial charge on any atom is -0.384 e. The number of nitriles is 1. The molecule has 16 heavy (non-hydrogen) atoms. The molecule has 1 aromatic rings. The van der Waals surface area contributed by atoms with Crippen LogP contribution in [0.5, 0.6) is 0 Å². The number of benzene rings is 1. The molecule has 0 saturated heterocycles. The van der Waals surface area contributed by atoms with Crippen LogP contribution in [0.3, 0.4) is 0 Å². The lowest BCUT2D eigenvalue weighted by Gasteiger charge is -2.31. The molecule has 86 valence electrons.